The van der Waals surface area contributed by atoms with E-state index in [1.807, 2.05) is 0 Å². The van der Waals surface area contributed by atoms with E-state index < -0.39 is 6.10 Å². The van der Waals surface area contributed by atoms with Crippen molar-refractivity contribution >= 4 is 5.97 Å². The Morgan fingerprint density at radius 3 is 2.29 bits per heavy atom. The highest BCUT2D eigenvalue weighted by atomic mass is 16.5. The van der Waals surface area contributed by atoms with Gasteiger partial charge in [-0.2, -0.15) is 0 Å². The average Bonchev–Trinajstić information content (AvgIpc) is 2.99. The van der Waals surface area contributed by atoms with E-state index >= 15 is 0 Å². The minimum atomic E-state index is -0.515. The van der Waals surface area contributed by atoms with E-state index in [1.54, 1.807) is 6.08 Å². The van der Waals surface area contributed by atoms with Crippen molar-refractivity contribution in [3.05, 3.63) is 11.6 Å². The first-order valence-corrected chi connectivity index (χ1v) is 11.6. The monoisotopic (exact) mass is 386 g/mol. The summed E-state index contributed by atoms with van der Waals surface area (Å²) < 4.78 is 5.81. The summed E-state index contributed by atoms with van der Waals surface area (Å²) >= 11 is 0. The summed E-state index contributed by atoms with van der Waals surface area (Å²) in [6.07, 6.45) is 10.6. The lowest BCUT2D eigenvalue weighted by Gasteiger charge is -2.69. The summed E-state index contributed by atoms with van der Waals surface area (Å²) in [5.41, 5.74) is 1.90. The zero-order valence-corrected chi connectivity index (χ0v) is 18.4. The highest BCUT2D eigenvalue weighted by Crippen LogP contribution is 2.73. The highest BCUT2D eigenvalue weighted by molar-refractivity contribution is 5.86. The molecule has 0 aromatic carbocycles. The van der Waals surface area contributed by atoms with Crippen LogP contribution in [0, 0.1) is 39.4 Å². The first-order chi connectivity index (χ1) is 13.0. The standard InChI is InChI=1S/C25H38O3/c1-22(2)9-6-10-23(3)17(22)7-11-24(4)18(23)8-12-25(5)19(24)14-16(26)15-13-20(27)28-21(15)25/h13,16-19,21,26H,6-12,14H2,1-5H3. The molecule has 3 nitrogen and oxygen atoms in total. The number of fused-ring (bicyclic) bond motifs is 7. The molecule has 5 aliphatic rings. The molecule has 0 bridgehead atoms. The molecular formula is C25H38O3. The van der Waals surface area contributed by atoms with Gasteiger partial charge in [-0.05, 0) is 78.9 Å². The summed E-state index contributed by atoms with van der Waals surface area (Å²) in [4.78, 5) is 12.0. The molecule has 8 atom stereocenters. The van der Waals surface area contributed by atoms with Crippen LogP contribution in [0.2, 0.25) is 0 Å². The van der Waals surface area contributed by atoms with Crippen molar-refractivity contribution in [1.29, 1.82) is 0 Å². The fourth-order valence-corrected chi connectivity index (χ4v) is 9.57. The molecule has 4 saturated carbocycles. The first-order valence-electron chi connectivity index (χ1n) is 11.6. The van der Waals surface area contributed by atoms with E-state index in [-0.39, 0.29) is 22.9 Å². The van der Waals surface area contributed by atoms with Crippen LogP contribution < -0.4 is 0 Å². The molecule has 8 unspecified atom stereocenters. The van der Waals surface area contributed by atoms with Crippen molar-refractivity contribution in [1.82, 2.24) is 0 Å². The van der Waals surface area contributed by atoms with Gasteiger partial charge in [0.25, 0.3) is 0 Å². The van der Waals surface area contributed by atoms with Crippen molar-refractivity contribution < 1.29 is 14.6 Å². The molecule has 0 amide bonds. The zero-order chi connectivity index (χ0) is 20.1. The number of hydrogen-bond donors (Lipinski definition) is 1. The van der Waals surface area contributed by atoms with E-state index in [9.17, 15) is 9.90 Å². The largest absolute Gasteiger partial charge is 0.454 e. The van der Waals surface area contributed by atoms with Gasteiger partial charge in [0.1, 0.15) is 6.10 Å². The van der Waals surface area contributed by atoms with Crippen molar-refractivity contribution in [3.63, 3.8) is 0 Å². The average molecular weight is 387 g/mol. The van der Waals surface area contributed by atoms with Gasteiger partial charge in [0.05, 0.1) is 6.10 Å². The second-order valence-electron chi connectivity index (χ2n) is 12.3. The van der Waals surface area contributed by atoms with Gasteiger partial charge in [-0.3, -0.25) is 0 Å². The third kappa shape index (κ3) is 2.23. The molecule has 5 rings (SSSR count). The Kier molecular flexibility index (Phi) is 3.86. The quantitative estimate of drug-likeness (QED) is 0.577. The molecule has 0 spiro atoms. The second-order valence-corrected chi connectivity index (χ2v) is 12.3. The number of carbonyl (C=O) groups is 1. The SMILES string of the molecule is CC1(C)CCCC2(C)C1CCC1(C)C3CC(O)C4=CC(=O)OC4C3(C)CCC21. The molecule has 3 heteroatoms. The molecule has 1 N–H and O–H groups in total. The van der Waals surface area contributed by atoms with Gasteiger partial charge in [0.2, 0.25) is 0 Å². The third-order valence-corrected chi connectivity index (χ3v) is 10.7. The van der Waals surface area contributed by atoms with Gasteiger partial charge < -0.3 is 9.84 Å². The Balaban J connectivity index is 1.55. The van der Waals surface area contributed by atoms with Gasteiger partial charge in [-0.1, -0.05) is 41.0 Å². The van der Waals surface area contributed by atoms with Crippen molar-refractivity contribution in [2.75, 3.05) is 0 Å². The van der Waals surface area contributed by atoms with Crippen LogP contribution in [0.25, 0.3) is 0 Å². The Bertz CT molecular complexity index is 738. The van der Waals surface area contributed by atoms with Crippen LogP contribution in [0.15, 0.2) is 11.6 Å². The fourth-order valence-electron chi connectivity index (χ4n) is 9.57. The van der Waals surface area contributed by atoms with E-state index in [1.165, 1.54) is 38.5 Å². The normalized spacial score (nSPS) is 54.6. The van der Waals surface area contributed by atoms with Gasteiger partial charge >= 0.3 is 5.97 Å². The zero-order valence-electron chi connectivity index (χ0n) is 18.4. The van der Waals surface area contributed by atoms with Crippen LogP contribution in [0.5, 0.6) is 0 Å². The Hall–Kier alpha value is -0.830. The summed E-state index contributed by atoms with van der Waals surface area (Å²) in [5.74, 6) is 1.69. The van der Waals surface area contributed by atoms with Crippen molar-refractivity contribution in [3.8, 4) is 0 Å². The summed E-state index contributed by atoms with van der Waals surface area (Å²) in [7, 11) is 0. The topological polar surface area (TPSA) is 46.5 Å². The maximum atomic E-state index is 12.0. The number of hydrogen-bond acceptors (Lipinski definition) is 3. The number of aliphatic hydroxyl groups is 1. The van der Waals surface area contributed by atoms with Crippen LogP contribution in [0.4, 0.5) is 0 Å². The van der Waals surface area contributed by atoms with Crippen LogP contribution in [0.3, 0.4) is 0 Å². The molecular weight excluding hydrogens is 348 g/mol. The minimum absolute atomic E-state index is 0.0319. The molecule has 0 saturated heterocycles. The molecule has 1 aliphatic heterocycles. The lowest BCUT2D eigenvalue weighted by Crippen LogP contribution is -2.64. The second kappa shape index (κ2) is 5.65. The van der Waals surface area contributed by atoms with Gasteiger partial charge in [-0.25, -0.2) is 4.79 Å². The molecule has 28 heavy (non-hydrogen) atoms. The maximum Gasteiger partial charge on any atom is 0.331 e. The lowest BCUT2D eigenvalue weighted by molar-refractivity contribution is -0.220. The lowest BCUT2D eigenvalue weighted by atomic mass is 9.35. The number of esters is 1. The van der Waals surface area contributed by atoms with E-state index in [0.717, 1.165) is 24.3 Å². The molecule has 4 fully saturated rings. The first kappa shape index (κ1) is 19.2. The van der Waals surface area contributed by atoms with E-state index in [2.05, 4.69) is 34.6 Å². The van der Waals surface area contributed by atoms with Gasteiger partial charge in [0.15, 0.2) is 0 Å². The van der Waals surface area contributed by atoms with Crippen molar-refractivity contribution in [2.45, 2.75) is 98.2 Å². The van der Waals surface area contributed by atoms with Crippen LogP contribution in [-0.2, 0) is 9.53 Å². The Labute approximate surface area is 170 Å². The maximum absolute atomic E-state index is 12.0. The Morgan fingerprint density at radius 2 is 1.54 bits per heavy atom. The molecule has 0 aromatic rings. The van der Waals surface area contributed by atoms with Crippen LogP contribution in [0.1, 0.15) is 86.0 Å². The third-order valence-electron chi connectivity index (χ3n) is 10.7. The molecule has 0 radical (unpaired) electrons. The predicted molar refractivity (Wildman–Crippen MR) is 109 cm³/mol. The number of aliphatic hydroxyl groups excluding tert-OH is 1. The molecule has 156 valence electrons. The van der Waals surface area contributed by atoms with E-state index in [0.29, 0.717) is 22.7 Å². The summed E-state index contributed by atoms with van der Waals surface area (Å²) in [6, 6.07) is 0. The number of ether oxygens (including phenoxy) is 1. The fraction of sp³-hybridized carbons (Fsp3) is 0.880. The van der Waals surface area contributed by atoms with Crippen molar-refractivity contribution in [2.24, 2.45) is 39.4 Å². The van der Waals surface area contributed by atoms with Crippen LogP contribution in [-0.4, -0.2) is 23.3 Å². The molecule has 4 aliphatic carbocycles. The van der Waals surface area contributed by atoms with E-state index in [4.69, 9.17) is 4.74 Å². The number of rotatable bonds is 0. The summed E-state index contributed by atoms with van der Waals surface area (Å²) in [6.45, 7) is 12.5. The highest BCUT2D eigenvalue weighted by Gasteiger charge is 2.67. The molecule has 0 aromatic heterocycles. The predicted octanol–water partition coefficient (Wildman–Crippen LogP) is 5.27. The number of carbonyl (C=O) groups excluding carboxylic acids is 1. The smallest absolute Gasteiger partial charge is 0.331 e. The molecule has 1 heterocycles. The summed E-state index contributed by atoms with van der Waals surface area (Å²) in [5, 5.41) is 10.9. The minimum Gasteiger partial charge on any atom is -0.454 e. The van der Waals surface area contributed by atoms with Crippen LogP contribution >= 0.6 is 0 Å². The Morgan fingerprint density at radius 1 is 0.893 bits per heavy atom. The van der Waals surface area contributed by atoms with Gasteiger partial charge in [0, 0.05) is 17.1 Å². The van der Waals surface area contributed by atoms with Gasteiger partial charge in [-0.15, -0.1) is 0 Å².